The molecule has 0 radical (unpaired) electrons. The van der Waals surface area contributed by atoms with E-state index >= 15 is 0 Å². The number of nitrogens with zero attached hydrogens (tertiary/aromatic N) is 1. The van der Waals surface area contributed by atoms with Crippen LogP contribution in [0.2, 0.25) is 0 Å². The number of rotatable bonds is 4. The van der Waals surface area contributed by atoms with E-state index in [1.165, 1.54) is 24.2 Å². The van der Waals surface area contributed by atoms with Gasteiger partial charge in [-0.15, -0.1) is 0 Å². The zero-order valence-electron chi connectivity index (χ0n) is 13.4. The summed E-state index contributed by atoms with van der Waals surface area (Å²) in [6, 6.07) is 8.72. The van der Waals surface area contributed by atoms with Crippen LogP contribution in [-0.2, 0) is 5.41 Å². The molecule has 0 heterocycles. The van der Waals surface area contributed by atoms with Gasteiger partial charge in [-0.25, -0.2) is 0 Å². The fourth-order valence-corrected chi connectivity index (χ4v) is 3.06. The van der Waals surface area contributed by atoms with E-state index in [9.17, 15) is 0 Å². The number of halogens is 1. The second kappa shape index (κ2) is 8.23. The molecular formula is C17H26BrN2S-. The van der Waals surface area contributed by atoms with E-state index in [1.807, 2.05) is 11.8 Å². The first-order valence-electron chi connectivity index (χ1n) is 7.54. The van der Waals surface area contributed by atoms with Crippen LogP contribution < -0.4 is 22.3 Å². The van der Waals surface area contributed by atoms with Crippen LogP contribution in [0.1, 0.15) is 46.1 Å². The van der Waals surface area contributed by atoms with Crippen molar-refractivity contribution in [2.75, 3.05) is 17.6 Å². The molecule has 118 valence electrons. The normalized spacial score (nSPS) is 15.5. The van der Waals surface area contributed by atoms with Gasteiger partial charge in [-0.2, -0.15) is 0 Å². The first-order valence-corrected chi connectivity index (χ1v) is 8.52. The second-order valence-corrected chi connectivity index (χ2v) is 7.49. The largest absolute Gasteiger partial charge is 1.00 e. The minimum atomic E-state index is 0. The first kappa shape index (κ1) is 18.6. The monoisotopic (exact) mass is 369 g/mol. The Labute approximate surface area is 144 Å². The molecule has 0 aromatic heterocycles. The van der Waals surface area contributed by atoms with Crippen molar-refractivity contribution in [2.45, 2.75) is 46.0 Å². The third-order valence-corrected chi connectivity index (χ3v) is 4.60. The number of thioether (sulfide) groups is 1. The predicted octanol–water partition coefficient (Wildman–Crippen LogP) is 1.92. The molecule has 0 aliphatic heterocycles. The molecule has 1 fully saturated rings. The molecule has 1 aliphatic rings. The summed E-state index contributed by atoms with van der Waals surface area (Å²) in [7, 11) is 0. The summed E-state index contributed by atoms with van der Waals surface area (Å²) in [6.45, 7) is 9.64. The lowest BCUT2D eigenvalue weighted by molar-refractivity contribution is -0.00000461. The van der Waals surface area contributed by atoms with Crippen molar-refractivity contribution in [2.24, 2.45) is 10.9 Å². The number of aliphatic imine (C=N–C) groups is 1. The van der Waals surface area contributed by atoms with Crippen LogP contribution >= 0.6 is 11.8 Å². The van der Waals surface area contributed by atoms with Crippen molar-refractivity contribution in [3.05, 3.63) is 29.8 Å². The molecule has 21 heavy (non-hydrogen) atoms. The second-order valence-electron chi connectivity index (χ2n) is 6.49. The smallest absolute Gasteiger partial charge is 0.161 e. The molecular weight excluding hydrogens is 344 g/mol. The highest BCUT2D eigenvalue weighted by Crippen LogP contribution is 2.33. The molecule has 2 nitrogen and oxygen atoms in total. The van der Waals surface area contributed by atoms with Gasteiger partial charge in [-0.1, -0.05) is 44.7 Å². The number of nitrogens with one attached hydrogen (secondary N) is 1. The van der Waals surface area contributed by atoms with Gasteiger partial charge in [-0.3, -0.25) is 4.99 Å². The summed E-state index contributed by atoms with van der Waals surface area (Å²) >= 11 is 1.86. The Kier molecular flexibility index (Phi) is 7.28. The van der Waals surface area contributed by atoms with Crippen molar-refractivity contribution in [3.8, 4) is 0 Å². The third-order valence-electron chi connectivity index (χ3n) is 3.46. The van der Waals surface area contributed by atoms with Crippen LogP contribution in [0.15, 0.2) is 29.3 Å². The minimum absolute atomic E-state index is 0. The van der Waals surface area contributed by atoms with Crippen LogP contribution in [0.5, 0.6) is 0 Å². The number of hydrogen-bond donors (Lipinski definition) is 1. The van der Waals surface area contributed by atoms with E-state index in [4.69, 9.17) is 0 Å². The summed E-state index contributed by atoms with van der Waals surface area (Å²) in [5.74, 6) is 2.12. The van der Waals surface area contributed by atoms with E-state index in [1.54, 1.807) is 0 Å². The highest BCUT2D eigenvalue weighted by Gasteiger charge is 2.22. The summed E-state index contributed by atoms with van der Waals surface area (Å²) in [4.78, 5) is 4.56. The topological polar surface area (TPSA) is 24.4 Å². The molecule has 4 heteroatoms. The lowest BCUT2D eigenvalue weighted by atomic mass is 9.87. The quantitative estimate of drug-likeness (QED) is 0.647. The van der Waals surface area contributed by atoms with Gasteiger partial charge in [0.2, 0.25) is 0 Å². The summed E-state index contributed by atoms with van der Waals surface area (Å²) in [5, 5.41) is 4.51. The molecule has 1 saturated carbocycles. The van der Waals surface area contributed by atoms with Gasteiger partial charge in [0.15, 0.2) is 5.17 Å². The Morgan fingerprint density at radius 2 is 1.86 bits per heavy atom. The SMILES string of the molecule is CCN=C(Nc1ccc(C(C)(C)C)cc1)SCC1CC1.[Br-]. The van der Waals surface area contributed by atoms with Crippen LogP contribution in [0, 0.1) is 5.92 Å². The van der Waals surface area contributed by atoms with Crippen molar-refractivity contribution in [3.63, 3.8) is 0 Å². The summed E-state index contributed by atoms with van der Waals surface area (Å²) in [6.07, 6.45) is 2.79. The Morgan fingerprint density at radius 3 is 2.33 bits per heavy atom. The highest BCUT2D eigenvalue weighted by atomic mass is 79.9. The van der Waals surface area contributed by atoms with Crippen molar-refractivity contribution >= 4 is 22.6 Å². The van der Waals surface area contributed by atoms with Crippen LogP contribution in [0.25, 0.3) is 0 Å². The lowest BCUT2D eigenvalue weighted by Crippen LogP contribution is -3.00. The third kappa shape index (κ3) is 6.43. The Morgan fingerprint density at radius 1 is 1.24 bits per heavy atom. The maximum absolute atomic E-state index is 4.56. The Balaban J connectivity index is 0.00000220. The van der Waals surface area contributed by atoms with E-state index in [0.717, 1.165) is 23.3 Å². The van der Waals surface area contributed by atoms with Crippen LogP contribution in [-0.4, -0.2) is 17.5 Å². The molecule has 0 spiro atoms. The maximum atomic E-state index is 4.56. The van der Waals surface area contributed by atoms with Crippen LogP contribution in [0.3, 0.4) is 0 Å². The van der Waals surface area contributed by atoms with Gasteiger partial charge in [0.1, 0.15) is 0 Å². The van der Waals surface area contributed by atoms with E-state index in [2.05, 4.69) is 62.3 Å². The summed E-state index contributed by atoms with van der Waals surface area (Å²) in [5.41, 5.74) is 2.70. The standard InChI is InChI=1S/C17H26N2S.BrH/c1-5-18-16(20-12-13-6-7-13)19-15-10-8-14(9-11-15)17(2,3)4;/h8-11,13H,5-7,12H2,1-4H3,(H,18,19);1H/p-1. The fourth-order valence-electron chi connectivity index (χ4n) is 1.92. The van der Waals surface area contributed by atoms with Gasteiger partial charge >= 0.3 is 0 Å². The van der Waals surface area contributed by atoms with Crippen LogP contribution in [0.4, 0.5) is 5.69 Å². The van der Waals surface area contributed by atoms with E-state index in [0.29, 0.717) is 0 Å². The maximum Gasteiger partial charge on any atom is 0.161 e. The summed E-state index contributed by atoms with van der Waals surface area (Å²) < 4.78 is 0. The van der Waals surface area contributed by atoms with Crippen molar-refractivity contribution in [1.82, 2.24) is 0 Å². The van der Waals surface area contributed by atoms with Crippen molar-refractivity contribution in [1.29, 1.82) is 0 Å². The molecule has 2 rings (SSSR count). The molecule has 0 saturated heterocycles. The molecule has 1 aliphatic carbocycles. The Hall–Kier alpha value is -0.480. The zero-order chi connectivity index (χ0) is 14.6. The van der Waals surface area contributed by atoms with E-state index < -0.39 is 0 Å². The lowest BCUT2D eigenvalue weighted by Gasteiger charge is -2.19. The van der Waals surface area contributed by atoms with Gasteiger partial charge in [-0.05, 0) is 48.8 Å². The van der Waals surface area contributed by atoms with Gasteiger partial charge < -0.3 is 22.3 Å². The minimum Gasteiger partial charge on any atom is -1.00 e. The number of hydrogen-bond acceptors (Lipinski definition) is 2. The van der Waals surface area contributed by atoms with E-state index in [-0.39, 0.29) is 22.4 Å². The molecule has 0 bridgehead atoms. The molecule has 0 unspecified atom stereocenters. The van der Waals surface area contributed by atoms with Crippen molar-refractivity contribution < 1.29 is 17.0 Å². The molecule has 0 amide bonds. The highest BCUT2D eigenvalue weighted by molar-refractivity contribution is 8.14. The van der Waals surface area contributed by atoms with Gasteiger partial charge in [0.25, 0.3) is 0 Å². The number of anilines is 1. The number of benzene rings is 1. The molecule has 0 atom stereocenters. The molecule has 1 N–H and O–H groups in total. The number of amidine groups is 1. The molecule has 1 aromatic carbocycles. The first-order chi connectivity index (χ1) is 9.49. The average molecular weight is 370 g/mol. The van der Waals surface area contributed by atoms with Gasteiger partial charge in [0, 0.05) is 18.0 Å². The predicted molar refractivity (Wildman–Crippen MR) is 91.9 cm³/mol. The average Bonchev–Trinajstić information content (AvgIpc) is 3.20. The van der Waals surface area contributed by atoms with Gasteiger partial charge in [0.05, 0.1) is 0 Å². The molecule has 1 aromatic rings. The Bertz CT molecular complexity index is 459. The zero-order valence-corrected chi connectivity index (χ0v) is 15.9. The fraction of sp³-hybridized carbons (Fsp3) is 0.588.